The Morgan fingerprint density at radius 1 is 0.556 bits per heavy atom. The van der Waals surface area contributed by atoms with Crippen molar-refractivity contribution in [3.05, 3.63) is 187 Å². The molecule has 45 heavy (non-hydrogen) atoms. The zero-order valence-corrected chi connectivity index (χ0v) is 25.9. The van der Waals surface area contributed by atoms with Crippen molar-refractivity contribution in [1.82, 2.24) is 0 Å². The van der Waals surface area contributed by atoms with E-state index in [0.29, 0.717) is 0 Å². The van der Waals surface area contributed by atoms with Crippen LogP contribution in [0, 0.1) is 6.92 Å². The molecule has 0 atom stereocenters. The van der Waals surface area contributed by atoms with Crippen LogP contribution in [0.5, 0.6) is 0 Å². The molecule has 7 aromatic rings. The van der Waals surface area contributed by atoms with Crippen LogP contribution in [0.15, 0.2) is 170 Å². The standard InChI is InChI=1S/C45H36/c1-4-5-15-31(2)28-41(36-19-10-9-16-32(36)3)34-24-26-35(27-25-34)43-30-45-39-22-13-11-20-37(39)42(33-17-7-6-8-18-33)29-44(45)40-23-14-12-21-38(40)43/h4,6-30H,1,5H2,2-3H3/b31-15-,41-28-. The van der Waals surface area contributed by atoms with Gasteiger partial charge in [0.2, 0.25) is 0 Å². The van der Waals surface area contributed by atoms with E-state index in [1.54, 1.807) is 0 Å². The van der Waals surface area contributed by atoms with Crippen molar-refractivity contribution < 1.29 is 0 Å². The summed E-state index contributed by atoms with van der Waals surface area (Å²) < 4.78 is 0. The molecule has 0 nitrogen and oxygen atoms in total. The normalized spacial score (nSPS) is 12.2. The lowest BCUT2D eigenvalue weighted by atomic mass is 9.87. The summed E-state index contributed by atoms with van der Waals surface area (Å²) in [6.07, 6.45) is 7.34. The van der Waals surface area contributed by atoms with Crippen LogP contribution in [0.3, 0.4) is 0 Å². The average Bonchev–Trinajstić information content (AvgIpc) is 3.10. The number of hydrogen-bond acceptors (Lipinski definition) is 0. The van der Waals surface area contributed by atoms with Gasteiger partial charge in [0.05, 0.1) is 0 Å². The van der Waals surface area contributed by atoms with Crippen LogP contribution >= 0.6 is 0 Å². The Kier molecular flexibility index (Phi) is 7.72. The minimum absolute atomic E-state index is 0.860. The molecule has 0 N–H and O–H groups in total. The van der Waals surface area contributed by atoms with E-state index in [9.17, 15) is 0 Å². The minimum atomic E-state index is 0.860. The fourth-order valence-corrected chi connectivity index (χ4v) is 6.62. The first kappa shape index (κ1) is 28.3. The van der Waals surface area contributed by atoms with Crippen LogP contribution in [0.1, 0.15) is 30.0 Å². The summed E-state index contributed by atoms with van der Waals surface area (Å²) >= 11 is 0. The van der Waals surface area contributed by atoms with Gasteiger partial charge in [-0.15, -0.1) is 6.58 Å². The van der Waals surface area contributed by atoms with E-state index in [2.05, 4.69) is 172 Å². The highest BCUT2D eigenvalue weighted by molar-refractivity contribution is 6.23. The van der Waals surface area contributed by atoms with Gasteiger partial charge in [0.1, 0.15) is 0 Å². The van der Waals surface area contributed by atoms with Gasteiger partial charge in [0.25, 0.3) is 0 Å². The summed E-state index contributed by atoms with van der Waals surface area (Å²) in [5.41, 5.74) is 11.2. The number of benzene rings is 7. The van der Waals surface area contributed by atoms with Gasteiger partial charge in [0.15, 0.2) is 0 Å². The molecule has 0 saturated heterocycles. The van der Waals surface area contributed by atoms with E-state index < -0.39 is 0 Å². The second-order valence-corrected chi connectivity index (χ2v) is 11.8. The Morgan fingerprint density at radius 3 is 1.64 bits per heavy atom. The smallest absolute Gasteiger partial charge is 0.00923 e. The van der Waals surface area contributed by atoms with Gasteiger partial charge < -0.3 is 0 Å². The molecule has 7 rings (SSSR count). The Hall–Kier alpha value is -5.46. The third-order valence-corrected chi connectivity index (χ3v) is 8.89. The van der Waals surface area contributed by atoms with Crippen LogP contribution in [0.2, 0.25) is 0 Å². The Balaban J connectivity index is 1.42. The maximum absolute atomic E-state index is 3.89. The zero-order valence-electron chi connectivity index (χ0n) is 25.9. The van der Waals surface area contributed by atoms with Crippen LogP contribution in [-0.4, -0.2) is 0 Å². The topological polar surface area (TPSA) is 0 Å². The van der Waals surface area contributed by atoms with Gasteiger partial charge in [-0.1, -0.05) is 151 Å². The molecule has 0 saturated carbocycles. The van der Waals surface area contributed by atoms with E-state index in [1.807, 2.05) is 6.08 Å². The maximum atomic E-state index is 3.89. The molecule has 0 fully saturated rings. The number of allylic oxidation sites excluding steroid dienone is 4. The van der Waals surface area contributed by atoms with Gasteiger partial charge >= 0.3 is 0 Å². The monoisotopic (exact) mass is 576 g/mol. The van der Waals surface area contributed by atoms with E-state index in [1.165, 1.54) is 82.4 Å². The molecule has 0 aliphatic rings. The molecular weight excluding hydrogens is 540 g/mol. The van der Waals surface area contributed by atoms with Crippen molar-refractivity contribution in [2.24, 2.45) is 0 Å². The first-order chi connectivity index (χ1) is 22.1. The Labute approximate surface area is 266 Å². The summed E-state index contributed by atoms with van der Waals surface area (Å²) in [6, 6.07) is 51.0. The van der Waals surface area contributed by atoms with E-state index >= 15 is 0 Å². The quantitative estimate of drug-likeness (QED) is 0.101. The third-order valence-electron chi connectivity index (χ3n) is 8.89. The zero-order chi connectivity index (χ0) is 30.8. The second kappa shape index (κ2) is 12.3. The van der Waals surface area contributed by atoms with Crippen molar-refractivity contribution in [2.75, 3.05) is 0 Å². The highest BCUT2D eigenvalue weighted by atomic mass is 14.2. The number of aryl methyl sites for hydroxylation is 1. The van der Waals surface area contributed by atoms with Crippen molar-refractivity contribution in [1.29, 1.82) is 0 Å². The molecule has 216 valence electrons. The van der Waals surface area contributed by atoms with Gasteiger partial charge in [-0.05, 0) is 109 Å². The number of hydrogen-bond donors (Lipinski definition) is 0. The molecule has 0 aliphatic carbocycles. The molecule has 0 amide bonds. The molecular formula is C45H36. The SMILES string of the molecule is C=CC/C=C(C)\C=C(\c1ccc(-c2cc3c4ccccc4c(-c4ccccc4)cc3c3ccccc23)cc1)c1ccccc1C. The lowest BCUT2D eigenvalue weighted by Crippen LogP contribution is -1.93. The molecule has 0 aliphatic heterocycles. The highest BCUT2D eigenvalue weighted by Crippen LogP contribution is 2.42. The predicted molar refractivity (Wildman–Crippen MR) is 197 cm³/mol. The van der Waals surface area contributed by atoms with Crippen LogP contribution in [0.25, 0.3) is 60.1 Å². The van der Waals surface area contributed by atoms with Crippen molar-refractivity contribution >= 4 is 37.9 Å². The van der Waals surface area contributed by atoms with Gasteiger partial charge in [0, 0.05) is 0 Å². The summed E-state index contributed by atoms with van der Waals surface area (Å²) in [4.78, 5) is 0. The number of fused-ring (bicyclic) bond motifs is 5. The fourth-order valence-electron chi connectivity index (χ4n) is 6.62. The largest absolute Gasteiger partial charge is 0.103 e. The summed E-state index contributed by atoms with van der Waals surface area (Å²) in [7, 11) is 0. The van der Waals surface area contributed by atoms with Crippen molar-refractivity contribution in [3.8, 4) is 22.3 Å². The van der Waals surface area contributed by atoms with Gasteiger partial charge in [-0.2, -0.15) is 0 Å². The summed E-state index contributed by atoms with van der Waals surface area (Å²) in [5, 5.41) is 7.68. The first-order valence-electron chi connectivity index (χ1n) is 15.7. The van der Waals surface area contributed by atoms with Crippen LogP contribution < -0.4 is 0 Å². The van der Waals surface area contributed by atoms with Gasteiger partial charge in [-0.3, -0.25) is 0 Å². The van der Waals surface area contributed by atoms with Crippen molar-refractivity contribution in [3.63, 3.8) is 0 Å². The molecule has 0 spiro atoms. The lowest BCUT2D eigenvalue weighted by Gasteiger charge is -2.17. The molecule has 0 unspecified atom stereocenters. The van der Waals surface area contributed by atoms with E-state index in [4.69, 9.17) is 0 Å². The first-order valence-corrected chi connectivity index (χ1v) is 15.7. The second-order valence-electron chi connectivity index (χ2n) is 11.8. The van der Waals surface area contributed by atoms with Crippen LogP contribution in [0.4, 0.5) is 0 Å². The lowest BCUT2D eigenvalue weighted by molar-refractivity contribution is 1.33. The Bertz CT molecular complexity index is 2240. The molecule has 0 heteroatoms. The third kappa shape index (κ3) is 5.41. The summed E-state index contributed by atoms with van der Waals surface area (Å²) in [5.74, 6) is 0. The van der Waals surface area contributed by atoms with Crippen molar-refractivity contribution in [2.45, 2.75) is 20.3 Å². The van der Waals surface area contributed by atoms with E-state index in [0.717, 1.165) is 6.42 Å². The molecule has 7 aromatic carbocycles. The average molecular weight is 577 g/mol. The van der Waals surface area contributed by atoms with Gasteiger partial charge in [-0.25, -0.2) is 0 Å². The van der Waals surface area contributed by atoms with E-state index in [-0.39, 0.29) is 0 Å². The fraction of sp³-hybridized carbons (Fsp3) is 0.0667. The van der Waals surface area contributed by atoms with Crippen LogP contribution in [-0.2, 0) is 0 Å². The minimum Gasteiger partial charge on any atom is -0.103 e. The molecule has 0 heterocycles. The molecule has 0 radical (unpaired) electrons. The Morgan fingerprint density at radius 2 is 1.07 bits per heavy atom. The predicted octanol–water partition coefficient (Wildman–Crippen LogP) is 12.7. The highest BCUT2D eigenvalue weighted by Gasteiger charge is 2.15. The number of rotatable bonds is 7. The molecule has 0 aromatic heterocycles. The summed E-state index contributed by atoms with van der Waals surface area (Å²) in [6.45, 7) is 8.25. The molecule has 0 bridgehead atoms. The maximum Gasteiger partial charge on any atom is -0.00923 e.